The Hall–Kier alpha value is 1.09. The fraction of sp³-hybridized carbons (Fsp3) is 1.00. The van der Waals surface area contributed by atoms with Crippen LogP contribution in [0, 0.1) is 0 Å². The molecule has 2 rings (SSSR count). The Bertz CT molecular complexity index is 106. The summed E-state index contributed by atoms with van der Waals surface area (Å²) >= 11 is 5.87. The van der Waals surface area contributed by atoms with Gasteiger partial charge in [0.25, 0.3) is 0 Å². The first-order valence-electron chi connectivity index (χ1n) is 4.55. The fourth-order valence-corrected chi connectivity index (χ4v) is 2.11. The third-order valence-corrected chi connectivity index (χ3v) is 2.68. The monoisotopic (exact) mass is 366 g/mol. The Morgan fingerprint density at radius 3 is 1.57 bits per heavy atom. The normalized spacial score (nSPS) is 29.6. The molecule has 6 heteroatoms. The molecule has 2 heterocycles. The van der Waals surface area contributed by atoms with Gasteiger partial charge < -0.3 is 21.6 Å². The maximum absolute atomic E-state index is 4.16. The Morgan fingerprint density at radius 1 is 0.857 bits per heavy atom. The van der Waals surface area contributed by atoms with Crippen molar-refractivity contribution in [1.82, 2.24) is 10.6 Å². The summed E-state index contributed by atoms with van der Waals surface area (Å²) < 4.78 is 0. The van der Waals surface area contributed by atoms with Gasteiger partial charge in [0.15, 0.2) is 0 Å². The molecule has 2 aliphatic heterocycles. The third kappa shape index (κ3) is 5.25. The van der Waals surface area contributed by atoms with E-state index in [-0.39, 0.29) is 11.0 Å². The third-order valence-electron chi connectivity index (χ3n) is 2.68. The minimum absolute atomic E-state index is 0. The Balaban J connectivity index is 0. The molecule has 2 aliphatic rings. The van der Waals surface area contributed by atoms with Crippen LogP contribution >= 0.6 is 20.3 Å². The van der Waals surface area contributed by atoms with Crippen LogP contribution in [-0.4, -0.2) is 36.1 Å². The number of nitrogens with one attached hydrogen (secondary N) is 2. The Kier molecular flexibility index (Phi) is 13.2. The molecule has 2 atom stereocenters. The van der Waals surface area contributed by atoms with E-state index in [0.717, 1.165) is 12.1 Å². The summed E-state index contributed by atoms with van der Waals surface area (Å²) in [6, 6.07) is 1.59. The molecule has 0 unspecified atom stereocenters. The van der Waals surface area contributed by atoms with Gasteiger partial charge in [-0.3, -0.25) is 0 Å². The molecule has 0 aliphatic carbocycles. The molecular formula is C8H20CuIN2O2. The van der Waals surface area contributed by atoms with Gasteiger partial charge in [0, 0.05) is 12.1 Å². The van der Waals surface area contributed by atoms with Crippen LogP contribution in [0.15, 0.2) is 0 Å². The van der Waals surface area contributed by atoms with Crippen molar-refractivity contribution in [3.8, 4) is 0 Å². The first-order valence-corrected chi connectivity index (χ1v) is 7.59. The van der Waals surface area contributed by atoms with Crippen molar-refractivity contribution >= 4 is 20.3 Å². The average Bonchev–Trinajstić information content (AvgIpc) is 2.21. The van der Waals surface area contributed by atoms with Crippen molar-refractivity contribution in [1.29, 1.82) is 0 Å². The predicted molar refractivity (Wildman–Crippen MR) is 63.3 cm³/mol. The molecule has 0 bridgehead atoms. The molecule has 0 saturated carbocycles. The summed E-state index contributed by atoms with van der Waals surface area (Å²) in [4.78, 5) is 0. The van der Waals surface area contributed by atoms with E-state index in [1.54, 1.807) is 20.3 Å². The van der Waals surface area contributed by atoms with E-state index in [2.05, 4.69) is 23.4 Å². The second-order valence-corrected chi connectivity index (χ2v) is 3.41. The zero-order valence-electron chi connectivity index (χ0n) is 8.08. The minimum atomic E-state index is 0. The predicted octanol–water partition coefficient (Wildman–Crippen LogP) is -0.276. The van der Waals surface area contributed by atoms with Crippen LogP contribution in [0.3, 0.4) is 0 Å². The molecular weight excluding hydrogens is 347 g/mol. The number of piperidine rings is 2. The average molecular weight is 367 g/mol. The molecule has 2 fully saturated rings. The van der Waals surface area contributed by atoms with Crippen molar-refractivity contribution < 1.29 is 23.7 Å². The molecule has 2 saturated heterocycles. The Morgan fingerprint density at radius 2 is 1.21 bits per heavy atom. The standard InChI is InChI=1S/C8H16N2.Cu.HI.2H2O/c1-3-7-8(9-5-1)4-2-6-10-7;;;;/h7-10H,1-6H2;;1H;2*1H2/q;+1;;;/p-1/t7-,8-;;;;/m1..../s1. The summed E-state index contributed by atoms with van der Waals surface area (Å²) in [5, 5.41) is 7.12. The second-order valence-electron chi connectivity index (χ2n) is 3.41. The van der Waals surface area contributed by atoms with Crippen molar-refractivity contribution in [2.24, 2.45) is 0 Å². The van der Waals surface area contributed by atoms with Gasteiger partial charge in [-0.15, -0.1) is 0 Å². The molecule has 0 aromatic rings. The van der Waals surface area contributed by atoms with Gasteiger partial charge in [0.2, 0.25) is 0 Å². The number of rotatable bonds is 0. The topological polar surface area (TPSA) is 87.1 Å². The van der Waals surface area contributed by atoms with Crippen LogP contribution < -0.4 is 10.6 Å². The first-order chi connectivity index (χ1) is 5.97. The number of hydrogen-bond acceptors (Lipinski definition) is 2. The molecule has 14 heavy (non-hydrogen) atoms. The number of halogens is 1. The van der Waals surface area contributed by atoms with Gasteiger partial charge in [-0.05, 0) is 38.8 Å². The quantitative estimate of drug-likeness (QED) is 0.456. The first kappa shape index (κ1) is 17.5. The Labute approximate surface area is 105 Å². The molecule has 6 N–H and O–H groups in total. The van der Waals surface area contributed by atoms with Gasteiger partial charge in [-0.1, -0.05) is 0 Å². The van der Waals surface area contributed by atoms with Crippen molar-refractivity contribution in [2.75, 3.05) is 13.1 Å². The SMILES string of the molecule is C1CN[C@@H]2CCCN[C@@H]2C1.O.O.[Cu][I]. The van der Waals surface area contributed by atoms with Gasteiger partial charge in [-0.25, -0.2) is 0 Å². The molecule has 0 radical (unpaired) electrons. The van der Waals surface area contributed by atoms with Gasteiger partial charge in [-0.2, -0.15) is 0 Å². The summed E-state index contributed by atoms with van der Waals surface area (Å²) in [6.07, 6.45) is 5.48. The van der Waals surface area contributed by atoms with E-state index < -0.39 is 0 Å². The zero-order valence-corrected chi connectivity index (χ0v) is 11.2. The molecule has 0 amide bonds. The van der Waals surface area contributed by atoms with E-state index >= 15 is 0 Å². The van der Waals surface area contributed by atoms with E-state index in [1.807, 2.05) is 0 Å². The second kappa shape index (κ2) is 10.6. The summed E-state index contributed by atoms with van der Waals surface area (Å²) in [7, 11) is 0. The molecule has 0 aromatic heterocycles. The molecule has 0 aromatic carbocycles. The van der Waals surface area contributed by atoms with Gasteiger partial charge in [0.05, 0.1) is 0 Å². The van der Waals surface area contributed by atoms with Crippen molar-refractivity contribution in [3.05, 3.63) is 0 Å². The summed E-state index contributed by atoms with van der Waals surface area (Å²) in [6.45, 7) is 2.48. The summed E-state index contributed by atoms with van der Waals surface area (Å²) in [5.41, 5.74) is 0. The van der Waals surface area contributed by atoms with Crippen molar-refractivity contribution in [2.45, 2.75) is 37.8 Å². The van der Waals surface area contributed by atoms with E-state index in [4.69, 9.17) is 0 Å². The van der Waals surface area contributed by atoms with E-state index in [9.17, 15) is 0 Å². The van der Waals surface area contributed by atoms with Crippen LogP contribution in [0.25, 0.3) is 0 Å². The number of fused-ring (bicyclic) bond motifs is 1. The van der Waals surface area contributed by atoms with E-state index in [0.29, 0.717) is 0 Å². The molecule has 0 spiro atoms. The van der Waals surface area contributed by atoms with Crippen LogP contribution in [0.2, 0.25) is 0 Å². The van der Waals surface area contributed by atoms with Gasteiger partial charge >= 0.3 is 33.1 Å². The van der Waals surface area contributed by atoms with Crippen LogP contribution in [0.5, 0.6) is 0 Å². The van der Waals surface area contributed by atoms with Crippen LogP contribution in [-0.2, 0) is 12.8 Å². The number of hydrogen-bond donors (Lipinski definition) is 2. The maximum atomic E-state index is 4.16. The van der Waals surface area contributed by atoms with E-state index in [1.165, 1.54) is 38.8 Å². The zero-order chi connectivity index (χ0) is 8.81. The van der Waals surface area contributed by atoms with Gasteiger partial charge in [0.1, 0.15) is 0 Å². The molecule has 92 valence electrons. The fourth-order valence-electron chi connectivity index (χ4n) is 2.11. The van der Waals surface area contributed by atoms with Crippen molar-refractivity contribution in [3.63, 3.8) is 0 Å². The molecule has 4 nitrogen and oxygen atoms in total. The summed E-state index contributed by atoms with van der Waals surface area (Å²) in [5.74, 6) is 0. The van der Waals surface area contributed by atoms with Crippen LogP contribution in [0.4, 0.5) is 0 Å². The van der Waals surface area contributed by atoms with Crippen LogP contribution in [0.1, 0.15) is 25.7 Å².